The van der Waals surface area contributed by atoms with Gasteiger partial charge in [-0.05, 0) is 43.2 Å². The van der Waals surface area contributed by atoms with Gasteiger partial charge >= 0.3 is 5.97 Å². The van der Waals surface area contributed by atoms with E-state index in [9.17, 15) is 9.59 Å². The molecule has 0 unspecified atom stereocenters. The van der Waals surface area contributed by atoms with Crippen molar-refractivity contribution in [2.24, 2.45) is 0 Å². The number of carbonyl (C=O) groups excluding carboxylic acids is 2. The second kappa shape index (κ2) is 11.0. The third-order valence-electron chi connectivity index (χ3n) is 4.38. The molecule has 2 aromatic carbocycles. The third kappa shape index (κ3) is 6.95. The molecule has 6 nitrogen and oxygen atoms in total. The highest BCUT2D eigenvalue weighted by molar-refractivity contribution is 5.78. The van der Waals surface area contributed by atoms with Gasteiger partial charge in [0.05, 0.1) is 20.6 Å². The minimum Gasteiger partial charge on any atom is -0.497 e. The van der Waals surface area contributed by atoms with Crippen molar-refractivity contribution in [2.75, 3.05) is 33.9 Å². The molecular formula is C22H27NO5. The van der Waals surface area contributed by atoms with E-state index in [4.69, 9.17) is 9.47 Å². The SMILES string of the molecule is COC(=O)CCN(CCc1ccc(OC)cc1)C(=O)COc1ccc(C)cc1. The number of aryl methyl sites for hydroxylation is 1. The van der Waals surface area contributed by atoms with Crippen molar-refractivity contribution >= 4 is 11.9 Å². The molecule has 0 bridgehead atoms. The Morgan fingerprint density at radius 2 is 1.54 bits per heavy atom. The van der Waals surface area contributed by atoms with Gasteiger partial charge in [0.1, 0.15) is 11.5 Å². The molecule has 0 heterocycles. The highest BCUT2D eigenvalue weighted by Crippen LogP contribution is 2.13. The summed E-state index contributed by atoms with van der Waals surface area (Å²) in [5.41, 5.74) is 2.20. The molecule has 0 aliphatic rings. The van der Waals surface area contributed by atoms with E-state index in [0.29, 0.717) is 25.3 Å². The summed E-state index contributed by atoms with van der Waals surface area (Å²) in [6, 6.07) is 15.2. The second-order valence-corrected chi connectivity index (χ2v) is 6.41. The zero-order valence-electron chi connectivity index (χ0n) is 16.6. The highest BCUT2D eigenvalue weighted by Gasteiger charge is 2.16. The number of rotatable bonds is 10. The molecule has 0 fully saturated rings. The Morgan fingerprint density at radius 3 is 2.14 bits per heavy atom. The van der Waals surface area contributed by atoms with E-state index in [0.717, 1.165) is 16.9 Å². The fourth-order valence-corrected chi connectivity index (χ4v) is 2.62. The van der Waals surface area contributed by atoms with E-state index >= 15 is 0 Å². The predicted molar refractivity (Wildman–Crippen MR) is 107 cm³/mol. The molecule has 1 amide bonds. The van der Waals surface area contributed by atoms with E-state index < -0.39 is 0 Å². The van der Waals surface area contributed by atoms with E-state index in [1.165, 1.54) is 7.11 Å². The van der Waals surface area contributed by atoms with Crippen molar-refractivity contribution in [3.63, 3.8) is 0 Å². The van der Waals surface area contributed by atoms with Crippen LogP contribution >= 0.6 is 0 Å². The molecule has 6 heteroatoms. The van der Waals surface area contributed by atoms with Gasteiger partial charge < -0.3 is 19.1 Å². The van der Waals surface area contributed by atoms with Gasteiger partial charge in [0.2, 0.25) is 0 Å². The first kappa shape index (κ1) is 21.3. The number of ether oxygens (including phenoxy) is 3. The molecule has 150 valence electrons. The average Bonchev–Trinajstić information content (AvgIpc) is 2.73. The average molecular weight is 385 g/mol. The Balaban J connectivity index is 1.94. The summed E-state index contributed by atoms with van der Waals surface area (Å²) in [7, 11) is 2.96. The fourth-order valence-electron chi connectivity index (χ4n) is 2.62. The second-order valence-electron chi connectivity index (χ2n) is 6.41. The van der Waals surface area contributed by atoms with Crippen LogP contribution in [0.1, 0.15) is 17.5 Å². The lowest BCUT2D eigenvalue weighted by atomic mass is 10.1. The Hall–Kier alpha value is -3.02. The van der Waals surface area contributed by atoms with Gasteiger partial charge in [0.25, 0.3) is 5.91 Å². The maximum Gasteiger partial charge on any atom is 0.307 e. The van der Waals surface area contributed by atoms with E-state index in [1.54, 1.807) is 12.0 Å². The van der Waals surface area contributed by atoms with Crippen LogP contribution in [0.4, 0.5) is 0 Å². The first-order valence-electron chi connectivity index (χ1n) is 9.19. The van der Waals surface area contributed by atoms with Crippen molar-refractivity contribution in [2.45, 2.75) is 19.8 Å². The van der Waals surface area contributed by atoms with E-state index in [1.807, 2.05) is 55.5 Å². The zero-order chi connectivity index (χ0) is 20.4. The lowest BCUT2D eigenvalue weighted by Crippen LogP contribution is -2.38. The van der Waals surface area contributed by atoms with Gasteiger partial charge in [0, 0.05) is 13.1 Å². The molecule has 0 saturated carbocycles. The lowest BCUT2D eigenvalue weighted by molar-refractivity contribution is -0.142. The third-order valence-corrected chi connectivity index (χ3v) is 4.38. The molecule has 0 atom stereocenters. The number of carbonyl (C=O) groups is 2. The smallest absolute Gasteiger partial charge is 0.307 e. The number of hydrogen-bond acceptors (Lipinski definition) is 5. The summed E-state index contributed by atoms with van der Waals surface area (Å²) in [4.78, 5) is 25.8. The van der Waals surface area contributed by atoms with E-state index in [-0.39, 0.29) is 24.9 Å². The van der Waals surface area contributed by atoms with Crippen LogP contribution in [0.2, 0.25) is 0 Å². The van der Waals surface area contributed by atoms with E-state index in [2.05, 4.69) is 4.74 Å². The van der Waals surface area contributed by atoms with Gasteiger partial charge in [-0.2, -0.15) is 0 Å². The molecule has 2 rings (SSSR count). The number of methoxy groups -OCH3 is 2. The number of esters is 1. The fraction of sp³-hybridized carbons (Fsp3) is 0.364. The number of nitrogens with zero attached hydrogens (tertiary/aromatic N) is 1. The monoisotopic (exact) mass is 385 g/mol. The van der Waals surface area contributed by atoms with Crippen LogP contribution in [0.25, 0.3) is 0 Å². The van der Waals surface area contributed by atoms with Gasteiger partial charge in [0.15, 0.2) is 6.61 Å². The first-order valence-corrected chi connectivity index (χ1v) is 9.19. The van der Waals surface area contributed by atoms with Gasteiger partial charge in [-0.15, -0.1) is 0 Å². The zero-order valence-corrected chi connectivity index (χ0v) is 16.6. The van der Waals surface area contributed by atoms with Crippen LogP contribution in [0, 0.1) is 6.92 Å². The topological polar surface area (TPSA) is 65.1 Å². The van der Waals surface area contributed by atoms with Crippen molar-refractivity contribution in [1.29, 1.82) is 0 Å². The quantitative estimate of drug-likeness (QED) is 0.588. The first-order chi connectivity index (χ1) is 13.5. The summed E-state index contributed by atoms with van der Waals surface area (Å²) in [5, 5.41) is 0. The summed E-state index contributed by atoms with van der Waals surface area (Å²) >= 11 is 0. The normalized spacial score (nSPS) is 10.2. The summed E-state index contributed by atoms with van der Waals surface area (Å²) in [5.74, 6) is 0.913. The van der Waals surface area contributed by atoms with Gasteiger partial charge in [-0.3, -0.25) is 9.59 Å². The van der Waals surface area contributed by atoms with Crippen molar-refractivity contribution in [3.8, 4) is 11.5 Å². The molecule has 0 aliphatic carbocycles. The largest absolute Gasteiger partial charge is 0.497 e. The molecule has 2 aromatic rings. The molecular weight excluding hydrogens is 358 g/mol. The van der Waals surface area contributed by atoms with Crippen LogP contribution in [0.5, 0.6) is 11.5 Å². The standard InChI is InChI=1S/C22H27NO5/c1-17-4-8-20(9-5-17)28-16-21(24)23(15-13-22(25)27-3)14-12-18-6-10-19(26-2)11-7-18/h4-11H,12-16H2,1-3H3. The molecule has 0 radical (unpaired) electrons. The van der Waals surface area contributed by atoms with Crippen LogP contribution in [-0.4, -0.2) is 50.7 Å². The minimum absolute atomic E-state index is 0.0765. The number of benzene rings is 2. The highest BCUT2D eigenvalue weighted by atomic mass is 16.5. The maximum absolute atomic E-state index is 12.6. The summed E-state index contributed by atoms with van der Waals surface area (Å²) in [6.45, 7) is 2.69. The number of amides is 1. The van der Waals surface area contributed by atoms with Gasteiger partial charge in [-0.1, -0.05) is 29.8 Å². The van der Waals surface area contributed by atoms with Crippen molar-refractivity contribution < 1.29 is 23.8 Å². The van der Waals surface area contributed by atoms with Crippen LogP contribution in [-0.2, 0) is 20.7 Å². The summed E-state index contributed by atoms with van der Waals surface area (Å²) < 4.78 is 15.4. The lowest BCUT2D eigenvalue weighted by Gasteiger charge is -2.22. The molecule has 0 spiro atoms. The Morgan fingerprint density at radius 1 is 0.893 bits per heavy atom. The molecule has 0 saturated heterocycles. The Kier molecular flexibility index (Phi) is 8.34. The Labute approximate surface area is 166 Å². The number of hydrogen-bond donors (Lipinski definition) is 0. The van der Waals surface area contributed by atoms with Crippen LogP contribution < -0.4 is 9.47 Å². The molecule has 0 aliphatic heterocycles. The molecule has 28 heavy (non-hydrogen) atoms. The molecule has 0 N–H and O–H groups in total. The maximum atomic E-state index is 12.6. The molecule has 0 aromatic heterocycles. The predicted octanol–water partition coefficient (Wildman–Crippen LogP) is 3.02. The van der Waals surface area contributed by atoms with Crippen molar-refractivity contribution in [3.05, 3.63) is 59.7 Å². The van der Waals surface area contributed by atoms with Crippen LogP contribution in [0.3, 0.4) is 0 Å². The Bertz CT molecular complexity index is 756. The minimum atomic E-state index is -0.346. The van der Waals surface area contributed by atoms with Crippen LogP contribution in [0.15, 0.2) is 48.5 Å². The summed E-state index contributed by atoms with van der Waals surface area (Å²) in [6.07, 6.45) is 0.816. The van der Waals surface area contributed by atoms with Gasteiger partial charge in [-0.25, -0.2) is 0 Å². The van der Waals surface area contributed by atoms with Crippen molar-refractivity contribution in [1.82, 2.24) is 4.90 Å².